The van der Waals surface area contributed by atoms with Crippen LogP contribution in [0.4, 0.5) is 5.13 Å². The molecule has 1 unspecified atom stereocenters. The zero-order chi connectivity index (χ0) is 28.8. The van der Waals surface area contributed by atoms with E-state index in [4.69, 9.17) is 4.74 Å². The first-order chi connectivity index (χ1) is 19.0. The van der Waals surface area contributed by atoms with E-state index in [1.54, 1.807) is 42.6 Å². The predicted octanol–water partition coefficient (Wildman–Crippen LogP) is 5.71. The lowest BCUT2D eigenvalue weighted by Gasteiger charge is -2.24. The summed E-state index contributed by atoms with van der Waals surface area (Å²) in [7, 11) is 0. The molecule has 40 heavy (non-hydrogen) atoms. The van der Waals surface area contributed by atoms with Crippen LogP contribution in [0.25, 0.3) is 16.0 Å². The van der Waals surface area contributed by atoms with Crippen LogP contribution in [0, 0.1) is 0 Å². The van der Waals surface area contributed by atoms with E-state index in [1.807, 2.05) is 27.7 Å². The summed E-state index contributed by atoms with van der Waals surface area (Å²) >= 11 is 1.09. The Hall–Kier alpha value is -4.57. The molecule has 1 saturated heterocycles. The van der Waals surface area contributed by atoms with Crippen molar-refractivity contribution in [3.8, 4) is 5.75 Å². The normalized spacial score (nSPS) is 17.0. The van der Waals surface area contributed by atoms with E-state index in [-0.39, 0.29) is 27.4 Å². The molecule has 1 fully saturated rings. The molecule has 0 bridgehead atoms. The van der Waals surface area contributed by atoms with Crippen LogP contribution in [0.5, 0.6) is 5.75 Å². The van der Waals surface area contributed by atoms with Crippen LogP contribution in [0.15, 0.2) is 66.5 Å². The number of benzene rings is 2. The van der Waals surface area contributed by atoms with Gasteiger partial charge < -0.3 is 14.9 Å². The second-order valence-corrected chi connectivity index (χ2v) is 11.3. The average molecular weight is 558 g/mol. The van der Waals surface area contributed by atoms with Crippen molar-refractivity contribution in [3.63, 3.8) is 0 Å². The molecule has 10 heteroatoms. The van der Waals surface area contributed by atoms with E-state index >= 15 is 0 Å². The molecule has 4 aromatic rings. The minimum Gasteiger partial charge on any atom is -0.507 e. The Kier molecular flexibility index (Phi) is 6.89. The number of aromatic nitrogens is 2. The minimum atomic E-state index is -1.09. The number of pyridine rings is 1. The molecule has 9 nitrogen and oxygen atoms in total. The molecule has 2 aromatic heterocycles. The van der Waals surface area contributed by atoms with Gasteiger partial charge in [0.25, 0.3) is 5.78 Å². The smallest absolute Gasteiger partial charge is 0.335 e. The molecule has 2 aromatic carbocycles. The Morgan fingerprint density at radius 1 is 1.07 bits per heavy atom. The third-order valence-electron chi connectivity index (χ3n) is 6.64. The molecule has 1 aliphatic rings. The highest BCUT2D eigenvalue weighted by atomic mass is 32.1. The van der Waals surface area contributed by atoms with Gasteiger partial charge in [0.05, 0.1) is 34.0 Å². The van der Waals surface area contributed by atoms with E-state index < -0.39 is 23.7 Å². The van der Waals surface area contributed by atoms with Crippen LogP contribution in [-0.2, 0) is 15.0 Å². The van der Waals surface area contributed by atoms with Gasteiger partial charge in [0.2, 0.25) is 0 Å². The maximum atomic E-state index is 13.5. The fourth-order valence-corrected chi connectivity index (χ4v) is 5.76. The van der Waals surface area contributed by atoms with Crippen molar-refractivity contribution < 1.29 is 29.3 Å². The number of aliphatic hydroxyl groups is 1. The van der Waals surface area contributed by atoms with Gasteiger partial charge in [-0.3, -0.25) is 19.5 Å². The number of ketones is 1. The molecule has 5 rings (SSSR count). The third-order valence-corrected chi connectivity index (χ3v) is 7.65. The van der Waals surface area contributed by atoms with Crippen LogP contribution in [0.2, 0.25) is 0 Å². The Balaban J connectivity index is 1.70. The summed E-state index contributed by atoms with van der Waals surface area (Å²) in [5.41, 5.74) is 1.87. The molecule has 3 heterocycles. The summed E-state index contributed by atoms with van der Waals surface area (Å²) in [6.07, 6.45) is 3.11. The standard InChI is InChI=1S/C30H27N3O6S/c1-5-39-21-11-9-16(13-19(21)30(2,3)4)25(34)23-24(18-7-6-12-31-15-18)33(27(36)26(23)35)29-32-20-10-8-17(28(37)38)14-22(20)40-29/h6-15,24,34H,5H2,1-4H3,(H,37,38)/b25-23+. The Morgan fingerprint density at radius 2 is 1.82 bits per heavy atom. The number of carbonyl (C=O) groups is 3. The number of thiazole rings is 1. The fraction of sp³-hybridized carbons (Fsp3) is 0.233. The van der Waals surface area contributed by atoms with Crippen molar-refractivity contribution in [2.75, 3.05) is 11.5 Å². The molecule has 0 saturated carbocycles. The summed E-state index contributed by atoms with van der Waals surface area (Å²) in [4.78, 5) is 48.5. The molecule has 204 valence electrons. The van der Waals surface area contributed by atoms with Crippen molar-refractivity contribution in [2.24, 2.45) is 0 Å². The first kappa shape index (κ1) is 27.0. The summed E-state index contributed by atoms with van der Waals surface area (Å²) in [6.45, 7) is 8.42. The van der Waals surface area contributed by atoms with Gasteiger partial charge in [0.1, 0.15) is 11.5 Å². The van der Waals surface area contributed by atoms with Gasteiger partial charge in [-0.25, -0.2) is 9.78 Å². The molecule has 1 atom stereocenters. The fourth-order valence-electron chi connectivity index (χ4n) is 4.73. The molecular weight excluding hydrogens is 530 g/mol. The van der Waals surface area contributed by atoms with E-state index in [0.717, 1.165) is 16.9 Å². The van der Waals surface area contributed by atoms with Crippen LogP contribution in [-0.4, -0.2) is 44.4 Å². The van der Waals surface area contributed by atoms with Gasteiger partial charge >= 0.3 is 11.9 Å². The van der Waals surface area contributed by atoms with Crippen LogP contribution >= 0.6 is 11.3 Å². The number of Topliss-reactive ketones (excluding diaryl/α,β-unsaturated/α-hetero) is 1. The van der Waals surface area contributed by atoms with E-state index in [2.05, 4.69) is 9.97 Å². The predicted molar refractivity (Wildman–Crippen MR) is 152 cm³/mol. The highest BCUT2D eigenvalue weighted by molar-refractivity contribution is 7.22. The molecule has 0 spiro atoms. The number of carboxylic acid groups (broad SMARTS) is 1. The lowest BCUT2D eigenvalue weighted by Crippen LogP contribution is -2.29. The largest absolute Gasteiger partial charge is 0.507 e. The second-order valence-electron chi connectivity index (χ2n) is 10.3. The van der Waals surface area contributed by atoms with Crippen molar-refractivity contribution >= 4 is 50.1 Å². The number of aliphatic hydroxyl groups excluding tert-OH is 1. The highest BCUT2D eigenvalue weighted by Gasteiger charge is 2.48. The third kappa shape index (κ3) is 4.71. The van der Waals surface area contributed by atoms with Gasteiger partial charge in [0, 0.05) is 23.5 Å². The molecule has 0 aliphatic carbocycles. The molecule has 1 aliphatic heterocycles. The molecule has 2 N–H and O–H groups in total. The number of hydrogen-bond donors (Lipinski definition) is 2. The lowest BCUT2D eigenvalue weighted by molar-refractivity contribution is -0.132. The number of carboxylic acids is 1. The maximum absolute atomic E-state index is 13.5. The van der Waals surface area contributed by atoms with Gasteiger partial charge in [-0.2, -0.15) is 0 Å². The Morgan fingerprint density at radius 3 is 2.48 bits per heavy atom. The SMILES string of the molecule is CCOc1ccc(/C(O)=C2\C(=O)C(=O)N(c3nc4ccc(C(=O)O)cc4s3)C2c2cccnc2)cc1C(C)(C)C. The topological polar surface area (TPSA) is 130 Å². The number of hydrogen-bond acceptors (Lipinski definition) is 8. The van der Waals surface area contributed by atoms with Crippen LogP contribution in [0.1, 0.15) is 60.8 Å². The van der Waals surface area contributed by atoms with Gasteiger partial charge in [0.15, 0.2) is 5.13 Å². The van der Waals surface area contributed by atoms with E-state index in [0.29, 0.717) is 33.7 Å². The highest BCUT2D eigenvalue weighted by Crippen LogP contribution is 2.45. The number of aromatic carboxylic acids is 1. The quantitative estimate of drug-likeness (QED) is 0.175. The lowest BCUT2D eigenvalue weighted by atomic mass is 9.84. The summed E-state index contributed by atoms with van der Waals surface area (Å²) in [5.74, 6) is -2.45. The first-order valence-corrected chi connectivity index (χ1v) is 13.5. The number of rotatable bonds is 6. The number of nitrogens with zero attached hydrogens (tertiary/aromatic N) is 3. The van der Waals surface area contributed by atoms with Crippen LogP contribution < -0.4 is 9.64 Å². The second kappa shape index (κ2) is 10.2. The van der Waals surface area contributed by atoms with E-state index in [9.17, 15) is 24.6 Å². The average Bonchev–Trinajstić information content (AvgIpc) is 3.46. The summed E-state index contributed by atoms with van der Waals surface area (Å²) in [5, 5.41) is 21.2. The maximum Gasteiger partial charge on any atom is 0.335 e. The first-order valence-electron chi connectivity index (χ1n) is 12.6. The number of ether oxygens (including phenoxy) is 1. The summed E-state index contributed by atoms with van der Waals surface area (Å²) in [6, 6.07) is 12.1. The molecular formula is C30H27N3O6S. The molecule has 1 amide bonds. The monoisotopic (exact) mass is 557 g/mol. The number of amides is 1. The minimum absolute atomic E-state index is 0.0821. The zero-order valence-corrected chi connectivity index (χ0v) is 23.2. The summed E-state index contributed by atoms with van der Waals surface area (Å²) < 4.78 is 6.34. The van der Waals surface area contributed by atoms with Crippen molar-refractivity contribution in [1.82, 2.24) is 9.97 Å². The number of carbonyl (C=O) groups excluding carboxylic acids is 2. The molecule has 0 radical (unpaired) electrons. The zero-order valence-electron chi connectivity index (χ0n) is 22.3. The van der Waals surface area contributed by atoms with Crippen molar-refractivity contribution in [3.05, 3.63) is 88.8 Å². The van der Waals surface area contributed by atoms with Crippen molar-refractivity contribution in [2.45, 2.75) is 39.2 Å². The number of fused-ring (bicyclic) bond motifs is 1. The van der Waals surface area contributed by atoms with E-state index in [1.165, 1.54) is 23.2 Å². The van der Waals surface area contributed by atoms with Gasteiger partial charge in [-0.05, 0) is 60.4 Å². The van der Waals surface area contributed by atoms with Gasteiger partial charge in [-0.1, -0.05) is 38.2 Å². The Bertz CT molecular complexity index is 1690. The van der Waals surface area contributed by atoms with Crippen LogP contribution in [0.3, 0.4) is 0 Å². The Labute approximate surface area is 234 Å². The van der Waals surface area contributed by atoms with Crippen molar-refractivity contribution in [1.29, 1.82) is 0 Å². The number of anilines is 1. The van der Waals surface area contributed by atoms with Gasteiger partial charge in [-0.15, -0.1) is 0 Å².